The van der Waals surface area contributed by atoms with Crippen molar-refractivity contribution in [2.45, 2.75) is 6.42 Å². The number of aliphatic imine (C=N–C) groups is 2. The monoisotopic (exact) mass is 251 g/mol. The van der Waals surface area contributed by atoms with Crippen molar-refractivity contribution >= 4 is 18.3 Å². The predicted octanol–water partition coefficient (Wildman–Crippen LogP) is 0.305. The fraction of sp³-hybridized carbons (Fsp3) is 0.615. The molecule has 18 heavy (non-hydrogen) atoms. The molecule has 0 aromatic carbocycles. The maximum absolute atomic E-state index is 11.9. The molecule has 5 nitrogen and oxygen atoms in total. The molecular weight excluding hydrogens is 230 g/mol. The van der Waals surface area contributed by atoms with Crippen molar-refractivity contribution in [2.75, 3.05) is 27.7 Å². The first kappa shape index (κ1) is 14.6. The number of hydrogen-bond donors (Lipinski definition) is 2. The Balaban J connectivity index is 2.95. The number of rotatable bonds is 5. The lowest BCUT2D eigenvalue weighted by molar-refractivity contribution is -0.123. The van der Waals surface area contributed by atoms with Crippen LogP contribution in [-0.2, 0) is 4.79 Å². The van der Waals surface area contributed by atoms with Gasteiger partial charge >= 0.3 is 0 Å². The Morgan fingerprint density at radius 1 is 1.61 bits per heavy atom. The van der Waals surface area contributed by atoms with E-state index in [2.05, 4.69) is 15.3 Å². The summed E-state index contributed by atoms with van der Waals surface area (Å²) in [7, 11) is 4.98. The second kappa shape index (κ2) is 7.06. The molecule has 0 saturated heterocycles. The summed E-state index contributed by atoms with van der Waals surface area (Å²) in [5, 5.41) is 12.0. The zero-order chi connectivity index (χ0) is 13.5. The van der Waals surface area contributed by atoms with E-state index in [1.54, 1.807) is 33.6 Å². The minimum absolute atomic E-state index is 0.0108. The standard InChI is InChI=1S/C13H21N3O2/c1-14-6-11-9(8-17)4-5-10(11)12(7-15-2)13(18)16-3/h4,6-7,10-12,17H,5,8H2,1-3H3,(H,16,18)/b14-6?,15-7+. The van der Waals surface area contributed by atoms with E-state index in [9.17, 15) is 9.90 Å². The predicted molar refractivity (Wildman–Crippen MR) is 73.2 cm³/mol. The first-order valence-electron chi connectivity index (χ1n) is 6.05. The molecule has 1 rings (SSSR count). The lowest BCUT2D eigenvalue weighted by Gasteiger charge is -2.24. The van der Waals surface area contributed by atoms with Crippen LogP contribution in [-0.4, -0.2) is 51.2 Å². The largest absolute Gasteiger partial charge is 0.392 e. The van der Waals surface area contributed by atoms with Crippen molar-refractivity contribution < 1.29 is 9.90 Å². The molecule has 0 fully saturated rings. The Kier molecular flexibility index (Phi) is 5.71. The van der Waals surface area contributed by atoms with Crippen molar-refractivity contribution in [1.29, 1.82) is 0 Å². The van der Waals surface area contributed by atoms with E-state index in [-0.39, 0.29) is 30.3 Å². The molecule has 0 bridgehead atoms. The molecule has 3 unspecified atom stereocenters. The Labute approximate surface area is 108 Å². The topological polar surface area (TPSA) is 74.0 Å². The van der Waals surface area contributed by atoms with Gasteiger partial charge in [-0.25, -0.2) is 0 Å². The number of aliphatic hydroxyl groups excluding tert-OH is 1. The van der Waals surface area contributed by atoms with Crippen molar-refractivity contribution in [3.63, 3.8) is 0 Å². The average molecular weight is 251 g/mol. The molecule has 2 N–H and O–H groups in total. The van der Waals surface area contributed by atoms with Gasteiger partial charge in [-0.2, -0.15) is 0 Å². The van der Waals surface area contributed by atoms with E-state index >= 15 is 0 Å². The second-order valence-electron chi connectivity index (χ2n) is 4.32. The second-order valence-corrected chi connectivity index (χ2v) is 4.32. The van der Waals surface area contributed by atoms with Gasteiger partial charge in [0.05, 0.1) is 12.5 Å². The van der Waals surface area contributed by atoms with Gasteiger partial charge in [-0.1, -0.05) is 6.08 Å². The molecule has 0 heterocycles. The molecule has 0 spiro atoms. The van der Waals surface area contributed by atoms with Gasteiger partial charge in [-0.15, -0.1) is 0 Å². The number of aliphatic hydroxyl groups is 1. The zero-order valence-electron chi connectivity index (χ0n) is 11.1. The number of nitrogens with zero attached hydrogens (tertiary/aromatic N) is 2. The van der Waals surface area contributed by atoms with E-state index in [4.69, 9.17) is 0 Å². The third-order valence-corrected chi connectivity index (χ3v) is 3.35. The molecule has 0 radical (unpaired) electrons. The lowest BCUT2D eigenvalue weighted by Crippen LogP contribution is -2.36. The fourth-order valence-corrected chi connectivity index (χ4v) is 2.45. The molecule has 0 aromatic heterocycles. The Hall–Kier alpha value is -1.49. The molecule has 100 valence electrons. The van der Waals surface area contributed by atoms with Crippen molar-refractivity contribution in [3.05, 3.63) is 11.6 Å². The SMILES string of the molecule is CN=CC1C(CO)=CCC1C(/C=N/C)C(=O)NC. The number of carbonyl (C=O) groups is 1. The van der Waals surface area contributed by atoms with Crippen LogP contribution in [0.1, 0.15) is 6.42 Å². The smallest absolute Gasteiger partial charge is 0.228 e. The van der Waals surface area contributed by atoms with Crippen LogP contribution in [0.25, 0.3) is 0 Å². The summed E-state index contributed by atoms with van der Waals surface area (Å²) in [5.41, 5.74) is 0.934. The number of carbonyl (C=O) groups excluding carboxylic acids is 1. The van der Waals surface area contributed by atoms with Gasteiger partial charge in [0.1, 0.15) is 0 Å². The molecule has 1 amide bonds. The normalized spacial score (nSPS) is 25.7. The van der Waals surface area contributed by atoms with E-state index in [0.29, 0.717) is 0 Å². The summed E-state index contributed by atoms with van der Waals surface area (Å²) < 4.78 is 0. The highest BCUT2D eigenvalue weighted by atomic mass is 16.3. The van der Waals surface area contributed by atoms with Crippen LogP contribution >= 0.6 is 0 Å². The minimum Gasteiger partial charge on any atom is -0.392 e. The van der Waals surface area contributed by atoms with Crippen LogP contribution in [0.3, 0.4) is 0 Å². The zero-order valence-corrected chi connectivity index (χ0v) is 11.1. The van der Waals surface area contributed by atoms with E-state index in [0.717, 1.165) is 12.0 Å². The maximum atomic E-state index is 11.9. The molecule has 0 aromatic rings. The molecular formula is C13H21N3O2. The minimum atomic E-state index is -0.289. The summed E-state index contributed by atoms with van der Waals surface area (Å²) >= 11 is 0. The van der Waals surface area contributed by atoms with Crippen molar-refractivity contribution in [1.82, 2.24) is 5.32 Å². The highest BCUT2D eigenvalue weighted by molar-refractivity contribution is 5.94. The van der Waals surface area contributed by atoms with Gasteiger partial charge < -0.3 is 20.4 Å². The van der Waals surface area contributed by atoms with Crippen molar-refractivity contribution in [3.8, 4) is 0 Å². The first-order chi connectivity index (χ1) is 8.69. The van der Waals surface area contributed by atoms with Gasteiger partial charge in [0.15, 0.2) is 0 Å². The van der Waals surface area contributed by atoms with Crippen molar-refractivity contribution in [2.24, 2.45) is 27.7 Å². The number of nitrogens with one attached hydrogen (secondary N) is 1. The molecule has 1 aliphatic rings. The Bertz CT molecular complexity index is 374. The Morgan fingerprint density at radius 3 is 2.83 bits per heavy atom. The van der Waals surface area contributed by atoms with Crippen LogP contribution in [0.5, 0.6) is 0 Å². The number of hydrogen-bond acceptors (Lipinski definition) is 4. The molecule has 0 aliphatic heterocycles. The quantitative estimate of drug-likeness (QED) is 0.545. The summed E-state index contributed by atoms with van der Waals surface area (Å²) in [6.07, 6.45) is 6.24. The summed E-state index contributed by atoms with van der Waals surface area (Å²) in [6, 6.07) is 0. The number of amides is 1. The summed E-state index contributed by atoms with van der Waals surface area (Å²) in [4.78, 5) is 19.9. The number of allylic oxidation sites excluding steroid dienone is 1. The maximum Gasteiger partial charge on any atom is 0.228 e. The molecule has 1 aliphatic carbocycles. The van der Waals surface area contributed by atoms with Crippen LogP contribution in [0.2, 0.25) is 0 Å². The Morgan fingerprint density at radius 2 is 2.33 bits per heavy atom. The van der Waals surface area contributed by atoms with Gasteiger partial charge in [-0.3, -0.25) is 4.79 Å². The van der Waals surface area contributed by atoms with E-state index < -0.39 is 0 Å². The first-order valence-corrected chi connectivity index (χ1v) is 6.05. The lowest BCUT2D eigenvalue weighted by atomic mass is 9.81. The van der Waals surface area contributed by atoms with Gasteiger partial charge in [0.25, 0.3) is 0 Å². The van der Waals surface area contributed by atoms with Gasteiger partial charge in [0, 0.05) is 39.5 Å². The molecule has 5 heteroatoms. The van der Waals surface area contributed by atoms with Crippen LogP contribution in [0.4, 0.5) is 0 Å². The molecule has 3 atom stereocenters. The van der Waals surface area contributed by atoms with Crippen LogP contribution in [0, 0.1) is 17.8 Å². The molecule has 0 saturated carbocycles. The van der Waals surface area contributed by atoms with Gasteiger partial charge in [-0.05, 0) is 17.9 Å². The van der Waals surface area contributed by atoms with Gasteiger partial charge in [0.2, 0.25) is 5.91 Å². The van der Waals surface area contributed by atoms with Crippen LogP contribution in [0.15, 0.2) is 21.6 Å². The highest BCUT2D eigenvalue weighted by Crippen LogP contribution is 2.35. The van der Waals surface area contributed by atoms with Crippen LogP contribution < -0.4 is 5.32 Å². The highest BCUT2D eigenvalue weighted by Gasteiger charge is 2.36. The fourth-order valence-electron chi connectivity index (χ4n) is 2.45. The third kappa shape index (κ3) is 3.04. The van der Waals surface area contributed by atoms with E-state index in [1.165, 1.54) is 0 Å². The summed E-state index contributed by atoms with van der Waals surface area (Å²) in [5.74, 6) is -0.240. The van der Waals surface area contributed by atoms with E-state index in [1.807, 2.05) is 6.08 Å². The average Bonchev–Trinajstić information content (AvgIpc) is 2.78. The third-order valence-electron chi connectivity index (χ3n) is 3.35. The summed E-state index contributed by atoms with van der Waals surface area (Å²) in [6.45, 7) is 0.0108.